The summed E-state index contributed by atoms with van der Waals surface area (Å²) in [5, 5.41) is 9.81. The van der Waals surface area contributed by atoms with Gasteiger partial charge < -0.3 is 10.8 Å². The number of rotatable bonds is 4. The van der Waals surface area contributed by atoms with E-state index in [1.807, 2.05) is 13.8 Å². The van der Waals surface area contributed by atoms with Gasteiger partial charge in [-0.05, 0) is 12.3 Å². The monoisotopic (exact) mass is 155 g/mol. The molecule has 0 saturated heterocycles. The minimum atomic E-state index is -0.771. The second-order valence-electron chi connectivity index (χ2n) is 3.17. The van der Waals surface area contributed by atoms with Crippen LogP contribution >= 0.6 is 0 Å². The molecule has 0 aliphatic carbocycles. The minimum Gasteiger partial charge on any atom is -0.388 e. The maximum atomic E-state index is 9.81. The molecule has 0 rings (SSSR count). The maximum absolute atomic E-state index is 9.81. The molecule has 0 heterocycles. The van der Waals surface area contributed by atoms with Crippen LogP contribution in [0.3, 0.4) is 0 Å². The van der Waals surface area contributed by atoms with Gasteiger partial charge in [0.1, 0.15) is 0 Å². The van der Waals surface area contributed by atoms with Crippen molar-refractivity contribution in [3.05, 3.63) is 0 Å². The number of hydrogen-bond acceptors (Lipinski definition) is 2. The Bertz CT molecular complexity index is 148. The Morgan fingerprint density at radius 3 is 2.45 bits per heavy atom. The smallest absolute Gasteiger partial charge is 0.0801 e. The second-order valence-corrected chi connectivity index (χ2v) is 3.17. The third-order valence-electron chi connectivity index (χ3n) is 2.13. The molecule has 0 aromatic carbocycles. The van der Waals surface area contributed by atoms with E-state index < -0.39 is 5.60 Å². The summed E-state index contributed by atoms with van der Waals surface area (Å²) >= 11 is 0. The molecule has 0 radical (unpaired) electrons. The predicted octanol–water partition coefficient (Wildman–Crippen LogP) is 0.746. The molecule has 1 atom stereocenters. The summed E-state index contributed by atoms with van der Waals surface area (Å²) in [6.45, 7) is 4.18. The summed E-state index contributed by atoms with van der Waals surface area (Å²) in [6, 6.07) is 0. The van der Waals surface area contributed by atoms with Gasteiger partial charge in [0.25, 0.3) is 0 Å². The molecule has 0 aliphatic rings. The van der Waals surface area contributed by atoms with Crippen LogP contribution in [0.4, 0.5) is 0 Å². The fourth-order valence-electron chi connectivity index (χ4n) is 0.915. The van der Waals surface area contributed by atoms with E-state index >= 15 is 0 Å². The molecule has 3 N–H and O–H groups in total. The first-order valence-electron chi connectivity index (χ1n) is 3.92. The van der Waals surface area contributed by atoms with E-state index in [2.05, 4.69) is 5.92 Å². The standard InChI is InChI=1S/C9H17NO/c1-4-5-6-9(11,7-10)8(2)3/h1,8,11H,5-7,10H2,2-3H3. The lowest BCUT2D eigenvalue weighted by atomic mass is 9.86. The molecular weight excluding hydrogens is 138 g/mol. The van der Waals surface area contributed by atoms with Gasteiger partial charge in [0.05, 0.1) is 5.60 Å². The zero-order valence-electron chi connectivity index (χ0n) is 7.30. The van der Waals surface area contributed by atoms with Crippen molar-refractivity contribution in [2.24, 2.45) is 11.7 Å². The van der Waals surface area contributed by atoms with Crippen molar-refractivity contribution < 1.29 is 5.11 Å². The molecule has 0 aliphatic heterocycles. The Hall–Kier alpha value is -0.520. The van der Waals surface area contributed by atoms with Gasteiger partial charge in [-0.1, -0.05) is 13.8 Å². The molecule has 2 nitrogen and oxygen atoms in total. The van der Waals surface area contributed by atoms with E-state index in [1.54, 1.807) is 0 Å². The second kappa shape index (κ2) is 4.38. The number of hydrogen-bond donors (Lipinski definition) is 2. The van der Waals surface area contributed by atoms with Crippen molar-refractivity contribution in [3.8, 4) is 12.3 Å². The van der Waals surface area contributed by atoms with Gasteiger partial charge in [-0.3, -0.25) is 0 Å². The molecule has 0 bridgehead atoms. The molecule has 1 unspecified atom stereocenters. The summed E-state index contributed by atoms with van der Waals surface area (Å²) < 4.78 is 0. The van der Waals surface area contributed by atoms with E-state index in [9.17, 15) is 5.11 Å². The Morgan fingerprint density at radius 1 is 1.64 bits per heavy atom. The van der Waals surface area contributed by atoms with Crippen molar-refractivity contribution in [3.63, 3.8) is 0 Å². The largest absolute Gasteiger partial charge is 0.388 e. The number of terminal acetylenes is 1. The first-order chi connectivity index (χ1) is 5.06. The average Bonchev–Trinajstić information content (AvgIpc) is 2.00. The van der Waals surface area contributed by atoms with Crippen LogP contribution in [0.1, 0.15) is 26.7 Å². The third-order valence-corrected chi connectivity index (χ3v) is 2.13. The van der Waals surface area contributed by atoms with Crippen LogP contribution in [0, 0.1) is 18.3 Å². The summed E-state index contributed by atoms with van der Waals surface area (Å²) in [4.78, 5) is 0. The van der Waals surface area contributed by atoms with Crippen LogP contribution in [-0.4, -0.2) is 17.3 Å². The normalized spacial score (nSPS) is 16.0. The highest BCUT2D eigenvalue weighted by atomic mass is 16.3. The first-order valence-corrected chi connectivity index (χ1v) is 3.92. The van der Waals surface area contributed by atoms with Crippen LogP contribution in [-0.2, 0) is 0 Å². The van der Waals surface area contributed by atoms with E-state index in [-0.39, 0.29) is 12.5 Å². The van der Waals surface area contributed by atoms with Gasteiger partial charge in [-0.2, -0.15) is 0 Å². The average molecular weight is 155 g/mol. The molecule has 0 saturated carbocycles. The van der Waals surface area contributed by atoms with Crippen LogP contribution < -0.4 is 5.73 Å². The molecule has 0 fully saturated rings. The van der Waals surface area contributed by atoms with Gasteiger partial charge in [0.15, 0.2) is 0 Å². The number of nitrogens with two attached hydrogens (primary N) is 1. The number of aliphatic hydroxyl groups is 1. The summed E-state index contributed by atoms with van der Waals surface area (Å²) in [5.41, 5.74) is 4.66. The molecule has 0 aromatic rings. The lowest BCUT2D eigenvalue weighted by Crippen LogP contribution is -2.42. The van der Waals surface area contributed by atoms with Crippen molar-refractivity contribution in [2.45, 2.75) is 32.3 Å². The lowest BCUT2D eigenvalue weighted by Gasteiger charge is -2.29. The van der Waals surface area contributed by atoms with Gasteiger partial charge in [-0.15, -0.1) is 12.3 Å². The van der Waals surface area contributed by atoms with Gasteiger partial charge in [0.2, 0.25) is 0 Å². The van der Waals surface area contributed by atoms with Crippen LogP contribution in [0.2, 0.25) is 0 Å². The van der Waals surface area contributed by atoms with E-state index in [4.69, 9.17) is 12.2 Å². The zero-order valence-corrected chi connectivity index (χ0v) is 7.30. The topological polar surface area (TPSA) is 46.2 Å². The molecular formula is C9H17NO. The zero-order chi connectivity index (χ0) is 8.91. The quantitative estimate of drug-likeness (QED) is 0.588. The Balaban J connectivity index is 4.01. The Labute approximate surface area is 68.8 Å². The fourth-order valence-corrected chi connectivity index (χ4v) is 0.915. The highest BCUT2D eigenvalue weighted by molar-refractivity contribution is 4.91. The van der Waals surface area contributed by atoms with Crippen molar-refractivity contribution in [2.75, 3.05) is 6.54 Å². The van der Waals surface area contributed by atoms with Crippen LogP contribution in [0.25, 0.3) is 0 Å². The summed E-state index contributed by atoms with van der Waals surface area (Å²) in [5.74, 6) is 2.66. The molecule has 0 aromatic heterocycles. The molecule has 2 heteroatoms. The van der Waals surface area contributed by atoms with Gasteiger partial charge in [0, 0.05) is 13.0 Å². The predicted molar refractivity (Wildman–Crippen MR) is 46.9 cm³/mol. The third kappa shape index (κ3) is 2.92. The minimum absolute atomic E-state index is 0.167. The van der Waals surface area contributed by atoms with Gasteiger partial charge in [-0.25, -0.2) is 0 Å². The van der Waals surface area contributed by atoms with Crippen molar-refractivity contribution in [1.29, 1.82) is 0 Å². The molecule has 64 valence electrons. The van der Waals surface area contributed by atoms with Crippen LogP contribution in [0.15, 0.2) is 0 Å². The maximum Gasteiger partial charge on any atom is 0.0801 e. The van der Waals surface area contributed by atoms with Gasteiger partial charge >= 0.3 is 0 Å². The highest BCUT2D eigenvalue weighted by Crippen LogP contribution is 2.20. The molecule has 11 heavy (non-hydrogen) atoms. The lowest BCUT2D eigenvalue weighted by molar-refractivity contribution is -0.00290. The highest BCUT2D eigenvalue weighted by Gasteiger charge is 2.27. The first kappa shape index (κ1) is 10.5. The fraction of sp³-hybridized carbons (Fsp3) is 0.778. The summed E-state index contributed by atoms with van der Waals surface area (Å²) in [6.07, 6.45) is 6.27. The van der Waals surface area contributed by atoms with Crippen molar-refractivity contribution >= 4 is 0 Å². The molecule has 0 spiro atoms. The van der Waals surface area contributed by atoms with E-state index in [0.29, 0.717) is 12.8 Å². The van der Waals surface area contributed by atoms with Crippen LogP contribution in [0.5, 0.6) is 0 Å². The van der Waals surface area contributed by atoms with E-state index in [0.717, 1.165) is 0 Å². The SMILES string of the molecule is C#CCCC(O)(CN)C(C)C. The molecule has 0 amide bonds. The Kier molecular flexibility index (Phi) is 4.17. The summed E-state index contributed by atoms with van der Waals surface area (Å²) in [7, 11) is 0. The van der Waals surface area contributed by atoms with Crippen molar-refractivity contribution in [1.82, 2.24) is 0 Å². The Morgan fingerprint density at radius 2 is 2.18 bits per heavy atom. The van der Waals surface area contributed by atoms with E-state index in [1.165, 1.54) is 0 Å².